The number of aliphatic hydroxyl groups excluding tert-OH is 1. The van der Waals surface area contributed by atoms with Crippen molar-refractivity contribution in [3.8, 4) is 0 Å². The normalized spacial score (nSPS) is 16.7. The molecule has 1 amide bonds. The lowest BCUT2D eigenvalue weighted by Gasteiger charge is -2.26. The largest absolute Gasteiger partial charge is 0.503 e. The number of thiophene rings is 1. The number of aromatic nitrogens is 1. The van der Waals surface area contributed by atoms with Crippen LogP contribution in [0.5, 0.6) is 0 Å². The van der Waals surface area contributed by atoms with E-state index in [1.165, 1.54) is 16.2 Å². The molecule has 2 aromatic heterocycles. The number of amides is 1. The lowest BCUT2D eigenvalue weighted by Crippen LogP contribution is -2.31. The number of aliphatic hydroxyl groups is 1. The molecule has 1 aliphatic rings. The molecule has 140 valence electrons. The van der Waals surface area contributed by atoms with Gasteiger partial charge in [0, 0.05) is 16.7 Å². The fourth-order valence-corrected chi connectivity index (χ4v) is 4.11. The van der Waals surface area contributed by atoms with Gasteiger partial charge >= 0.3 is 0 Å². The molecule has 1 atom stereocenters. The number of hydrogen-bond acceptors (Lipinski definition) is 4. The van der Waals surface area contributed by atoms with Crippen LogP contribution in [0.4, 0.5) is 0 Å². The van der Waals surface area contributed by atoms with E-state index in [-0.39, 0.29) is 17.9 Å². The highest BCUT2D eigenvalue weighted by molar-refractivity contribution is 7.12. The number of pyridine rings is 1. The standard InChI is InChI=1S/C21H15ClN2O3S/c22-15-7-5-14(6-8-15)18-17(19(25)16-4-2-10-28-16)20(26)21(27)24(18)12-13-3-1-9-23-11-13/h1-11,18,26H,12H2/p+1. The van der Waals surface area contributed by atoms with Crippen molar-refractivity contribution >= 4 is 34.6 Å². The summed E-state index contributed by atoms with van der Waals surface area (Å²) < 4.78 is 0. The van der Waals surface area contributed by atoms with Crippen molar-refractivity contribution in [2.75, 3.05) is 0 Å². The second-order valence-electron chi connectivity index (χ2n) is 6.37. The van der Waals surface area contributed by atoms with E-state index < -0.39 is 17.7 Å². The number of aromatic amines is 1. The Morgan fingerprint density at radius 2 is 1.96 bits per heavy atom. The van der Waals surface area contributed by atoms with E-state index in [4.69, 9.17) is 11.6 Å². The third-order valence-corrected chi connectivity index (χ3v) is 5.72. The predicted octanol–water partition coefficient (Wildman–Crippen LogP) is 3.99. The number of benzene rings is 1. The lowest BCUT2D eigenvalue weighted by atomic mass is 9.95. The number of H-pyrrole nitrogens is 1. The van der Waals surface area contributed by atoms with E-state index in [2.05, 4.69) is 4.98 Å². The number of Topliss-reactive ketones (excluding diaryl/α,β-unsaturated/α-hetero) is 1. The molecule has 0 saturated carbocycles. The molecule has 4 rings (SSSR count). The smallest absolute Gasteiger partial charge is 0.290 e. The first kappa shape index (κ1) is 18.4. The van der Waals surface area contributed by atoms with Gasteiger partial charge in [-0.1, -0.05) is 29.8 Å². The van der Waals surface area contributed by atoms with Crippen molar-refractivity contribution in [3.05, 3.63) is 98.7 Å². The van der Waals surface area contributed by atoms with Crippen LogP contribution < -0.4 is 4.98 Å². The Labute approximate surface area is 170 Å². The fourth-order valence-electron chi connectivity index (χ4n) is 3.31. The zero-order chi connectivity index (χ0) is 19.7. The molecular formula is C21H16ClN2O3S+. The summed E-state index contributed by atoms with van der Waals surface area (Å²) in [5, 5.41) is 12.9. The molecule has 7 heteroatoms. The van der Waals surface area contributed by atoms with Crippen molar-refractivity contribution in [1.82, 2.24) is 4.90 Å². The van der Waals surface area contributed by atoms with E-state index in [0.29, 0.717) is 15.5 Å². The summed E-state index contributed by atoms with van der Waals surface area (Å²) in [4.78, 5) is 30.9. The molecule has 0 spiro atoms. The maximum absolute atomic E-state index is 13.1. The van der Waals surface area contributed by atoms with Crippen LogP contribution in [-0.2, 0) is 11.3 Å². The summed E-state index contributed by atoms with van der Waals surface area (Å²) in [6.45, 7) is 0.245. The molecular weight excluding hydrogens is 396 g/mol. The number of hydrogen-bond donors (Lipinski definition) is 1. The minimum absolute atomic E-state index is 0.0923. The van der Waals surface area contributed by atoms with E-state index in [9.17, 15) is 14.7 Å². The Morgan fingerprint density at radius 3 is 2.61 bits per heavy atom. The molecule has 0 saturated heterocycles. The first-order valence-corrected chi connectivity index (χ1v) is 9.85. The van der Waals surface area contributed by atoms with Gasteiger partial charge in [-0.25, -0.2) is 4.98 Å². The van der Waals surface area contributed by atoms with Gasteiger partial charge in [-0.3, -0.25) is 9.59 Å². The number of halogens is 1. The van der Waals surface area contributed by atoms with E-state index in [1.54, 1.807) is 54.2 Å². The Morgan fingerprint density at radius 1 is 1.18 bits per heavy atom. The third kappa shape index (κ3) is 3.32. The highest BCUT2D eigenvalue weighted by Gasteiger charge is 2.44. The maximum Gasteiger partial charge on any atom is 0.290 e. The summed E-state index contributed by atoms with van der Waals surface area (Å²) in [5.74, 6) is -1.41. The Balaban J connectivity index is 1.79. The van der Waals surface area contributed by atoms with Crippen molar-refractivity contribution in [1.29, 1.82) is 0 Å². The number of nitrogens with zero attached hydrogens (tertiary/aromatic N) is 1. The minimum atomic E-state index is -0.695. The second kappa shape index (κ2) is 7.58. The summed E-state index contributed by atoms with van der Waals surface area (Å²) >= 11 is 7.29. The van der Waals surface area contributed by atoms with Crippen LogP contribution in [0.3, 0.4) is 0 Å². The molecule has 5 nitrogen and oxygen atoms in total. The van der Waals surface area contributed by atoms with Crippen LogP contribution in [0.1, 0.15) is 26.8 Å². The van der Waals surface area contributed by atoms with Crippen LogP contribution in [0.25, 0.3) is 0 Å². The van der Waals surface area contributed by atoms with E-state index >= 15 is 0 Å². The first-order valence-electron chi connectivity index (χ1n) is 8.59. The quantitative estimate of drug-likeness (QED) is 0.645. The van der Waals surface area contributed by atoms with Crippen molar-refractivity contribution in [2.24, 2.45) is 0 Å². The summed E-state index contributed by atoms with van der Waals surface area (Å²) in [6.07, 6.45) is 3.55. The zero-order valence-corrected chi connectivity index (χ0v) is 16.2. The van der Waals surface area contributed by atoms with Crippen LogP contribution in [-0.4, -0.2) is 21.7 Å². The molecule has 1 unspecified atom stereocenters. The monoisotopic (exact) mass is 411 g/mol. The van der Waals surface area contributed by atoms with E-state index in [0.717, 1.165) is 5.56 Å². The Kier molecular flexibility index (Phi) is 4.98. The molecule has 3 aromatic rings. The second-order valence-corrected chi connectivity index (χ2v) is 7.75. The highest BCUT2D eigenvalue weighted by atomic mass is 35.5. The topological polar surface area (TPSA) is 71.8 Å². The van der Waals surface area contributed by atoms with Crippen LogP contribution in [0, 0.1) is 0 Å². The first-order chi connectivity index (χ1) is 13.6. The van der Waals surface area contributed by atoms with Crippen LogP contribution >= 0.6 is 22.9 Å². The molecule has 1 aliphatic heterocycles. The van der Waals surface area contributed by atoms with Gasteiger partial charge in [0.2, 0.25) is 5.78 Å². The molecule has 0 fully saturated rings. The van der Waals surface area contributed by atoms with E-state index in [1.807, 2.05) is 12.1 Å². The summed E-state index contributed by atoms with van der Waals surface area (Å²) in [6, 6.07) is 13.4. The van der Waals surface area contributed by atoms with Gasteiger partial charge in [-0.15, -0.1) is 11.3 Å². The number of ketones is 1. The molecule has 3 heterocycles. The minimum Gasteiger partial charge on any atom is -0.503 e. The van der Waals surface area contributed by atoms with Crippen molar-refractivity contribution in [2.45, 2.75) is 12.6 Å². The van der Waals surface area contributed by atoms with Gasteiger partial charge in [0.05, 0.1) is 23.0 Å². The highest BCUT2D eigenvalue weighted by Crippen LogP contribution is 2.40. The average Bonchev–Trinajstić information content (AvgIpc) is 3.33. The lowest BCUT2D eigenvalue weighted by molar-refractivity contribution is -0.378. The molecule has 0 aliphatic carbocycles. The Bertz CT molecular complexity index is 1050. The number of rotatable bonds is 5. The fraction of sp³-hybridized carbons (Fsp3) is 0.0952. The predicted molar refractivity (Wildman–Crippen MR) is 106 cm³/mol. The maximum atomic E-state index is 13.1. The molecule has 2 N–H and O–H groups in total. The van der Waals surface area contributed by atoms with Gasteiger partial charge in [-0.05, 0) is 35.2 Å². The van der Waals surface area contributed by atoms with Crippen LogP contribution in [0.2, 0.25) is 5.02 Å². The number of carbonyl (C=O) groups excluding carboxylic acids is 2. The van der Waals surface area contributed by atoms with Crippen molar-refractivity contribution in [3.63, 3.8) is 0 Å². The van der Waals surface area contributed by atoms with Crippen LogP contribution in [0.15, 0.2) is 77.6 Å². The van der Waals surface area contributed by atoms with Crippen molar-refractivity contribution < 1.29 is 19.7 Å². The van der Waals surface area contributed by atoms with Gasteiger partial charge in [0.15, 0.2) is 18.2 Å². The number of nitrogens with one attached hydrogen (secondary N) is 1. The van der Waals surface area contributed by atoms with Gasteiger partial charge in [0.25, 0.3) is 5.91 Å². The molecule has 1 aromatic carbocycles. The van der Waals surface area contributed by atoms with Gasteiger partial charge in [-0.2, -0.15) is 0 Å². The van der Waals surface area contributed by atoms with Gasteiger partial charge in [0.1, 0.15) is 0 Å². The average molecular weight is 412 g/mol. The number of carbonyl (C=O) groups is 2. The third-order valence-electron chi connectivity index (χ3n) is 4.60. The zero-order valence-electron chi connectivity index (χ0n) is 14.6. The SMILES string of the molecule is O=C(C1=C(O)C(=O)N(Cc2ccc[nH+]c2)C1c1ccc(Cl)cc1)c1cccs1. The molecule has 0 radical (unpaired) electrons. The summed E-state index contributed by atoms with van der Waals surface area (Å²) in [7, 11) is 0. The Hall–Kier alpha value is -2.96. The van der Waals surface area contributed by atoms with Gasteiger partial charge < -0.3 is 10.0 Å². The molecule has 28 heavy (non-hydrogen) atoms. The summed E-state index contributed by atoms with van der Waals surface area (Å²) in [5.41, 5.74) is 1.66. The molecule has 0 bridgehead atoms.